The molecule has 0 atom stereocenters. The van der Waals surface area contributed by atoms with Crippen molar-refractivity contribution in [2.75, 3.05) is 20.8 Å². The molecule has 0 saturated heterocycles. The normalized spacial score (nSPS) is 10.6. The Morgan fingerprint density at radius 3 is 2.32 bits per heavy atom. The quantitative estimate of drug-likeness (QED) is 0.576. The molecule has 0 saturated carbocycles. The number of carbonyl (C=O) groups excluding carboxylic acids is 1. The molecular formula is C22H24N2O3S. The fraction of sp³-hybridized carbons (Fsp3) is 0.273. The van der Waals surface area contributed by atoms with Gasteiger partial charge in [-0.25, -0.2) is 4.98 Å². The maximum atomic E-state index is 12.9. The zero-order valence-corrected chi connectivity index (χ0v) is 17.4. The first kappa shape index (κ1) is 19.9. The summed E-state index contributed by atoms with van der Waals surface area (Å²) in [6.45, 7) is 4.99. The van der Waals surface area contributed by atoms with Gasteiger partial charge in [0.15, 0.2) is 0 Å². The van der Waals surface area contributed by atoms with Crippen molar-refractivity contribution < 1.29 is 14.3 Å². The maximum Gasteiger partial charge on any atom is 0.265 e. The lowest BCUT2D eigenvalue weighted by atomic mass is 10.2. The number of amides is 1. The molecule has 0 N–H and O–H groups in total. The van der Waals surface area contributed by atoms with Crippen molar-refractivity contribution in [3.8, 4) is 22.1 Å². The van der Waals surface area contributed by atoms with Crippen molar-refractivity contribution in [3.63, 3.8) is 0 Å². The molecule has 0 unspecified atom stereocenters. The second-order valence-corrected chi connectivity index (χ2v) is 7.40. The van der Waals surface area contributed by atoms with Crippen molar-refractivity contribution in [1.82, 2.24) is 9.88 Å². The van der Waals surface area contributed by atoms with Crippen molar-refractivity contribution in [2.24, 2.45) is 0 Å². The second-order valence-electron chi connectivity index (χ2n) is 6.40. The lowest BCUT2D eigenvalue weighted by Crippen LogP contribution is -2.26. The van der Waals surface area contributed by atoms with Gasteiger partial charge in [0.25, 0.3) is 5.91 Å². The van der Waals surface area contributed by atoms with Crippen molar-refractivity contribution >= 4 is 17.2 Å². The first-order valence-electron chi connectivity index (χ1n) is 9.11. The monoisotopic (exact) mass is 396 g/mol. The molecule has 2 aromatic carbocycles. The molecule has 0 bridgehead atoms. The number of ether oxygens (including phenoxy) is 2. The van der Waals surface area contributed by atoms with Gasteiger partial charge >= 0.3 is 0 Å². The summed E-state index contributed by atoms with van der Waals surface area (Å²) in [5, 5.41) is 0.835. The van der Waals surface area contributed by atoms with Crippen LogP contribution in [0.1, 0.15) is 27.9 Å². The van der Waals surface area contributed by atoms with E-state index in [1.54, 1.807) is 12.0 Å². The Labute approximate surface area is 169 Å². The number of nitrogens with zero attached hydrogens (tertiary/aromatic N) is 2. The molecule has 0 aliphatic carbocycles. The third-order valence-electron chi connectivity index (χ3n) is 4.33. The topological polar surface area (TPSA) is 51.7 Å². The number of methoxy groups -OCH3 is 1. The van der Waals surface area contributed by atoms with E-state index < -0.39 is 0 Å². The highest BCUT2D eigenvalue weighted by atomic mass is 32.1. The summed E-state index contributed by atoms with van der Waals surface area (Å²) in [7, 11) is 3.45. The third-order valence-corrected chi connectivity index (χ3v) is 5.52. The number of aromatic nitrogens is 1. The van der Waals surface area contributed by atoms with Gasteiger partial charge in [-0.2, -0.15) is 0 Å². The second kappa shape index (κ2) is 8.89. The third kappa shape index (κ3) is 4.51. The van der Waals surface area contributed by atoms with Gasteiger partial charge in [-0.1, -0.05) is 12.1 Å². The van der Waals surface area contributed by atoms with Gasteiger partial charge in [0, 0.05) is 19.2 Å². The summed E-state index contributed by atoms with van der Waals surface area (Å²) in [6.07, 6.45) is 0. The molecule has 1 heterocycles. The van der Waals surface area contributed by atoms with E-state index >= 15 is 0 Å². The summed E-state index contributed by atoms with van der Waals surface area (Å²) in [6, 6.07) is 15.5. The fourth-order valence-corrected chi connectivity index (χ4v) is 3.90. The van der Waals surface area contributed by atoms with E-state index in [1.165, 1.54) is 11.3 Å². The molecular weight excluding hydrogens is 372 g/mol. The van der Waals surface area contributed by atoms with Crippen LogP contribution in [0.2, 0.25) is 0 Å². The van der Waals surface area contributed by atoms with Gasteiger partial charge < -0.3 is 14.4 Å². The van der Waals surface area contributed by atoms with E-state index in [0.717, 1.165) is 33.3 Å². The Kier molecular flexibility index (Phi) is 6.31. The van der Waals surface area contributed by atoms with Crippen LogP contribution in [0.4, 0.5) is 0 Å². The van der Waals surface area contributed by atoms with Crippen molar-refractivity contribution in [3.05, 3.63) is 64.7 Å². The van der Waals surface area contributed by atoms with Gasteiger partial charge in [0.05, 0.1) is 19.4 Å². The number of rotatable bonds is 7. The molecule has 5 nitrogen and oxygen atoms in total. The average Bonchev–Trinajstić information content (AvgIpc) is 3.10. The van der Waals surface area contributed by atoms with Crippen LogP contribution in [-0.2, 0) is 6.54 Å². The first-order chi connectivity index (χ1) is 13.5. The van der Waals surface area contributed by atoms with E-state index in [0.29, 0.717) is 18.0 Å². The molecule has 1 aromatic heterocycles. The Hall–Kier alpha value is -2.86. The minimum atomic E-state index is -0.0250. The molecule has 0 aliphatic heterocycles. The lowest BCUT2D eigenvalue weighted by Gasteiger charge is -2.16. The van der Waals surface area contributed by atoms with Crippen LogP contribution in [0.5, 0.6) is 11.5 Å². The van der Waals surface area contributed by atoms with E-state index in [9.17, 15) is 4.79 Å². The zero-order valence-electron chi connectivity index (χ0n) is 16.6. The van der Waals surface area contributed by atoms with Crippen LogP contribution in [0, 0.1) is 6.92 Å². The van der Waals surface area contributed by atoms with Crippen LogP contribution < -0.4 is 9.47 Å². The summed E-state index contributed by atoms with van der Waals surface area (Å²) in [4.78, 5) is 19.9. The maximum absolute atomic E-state index is 12.9. The fourth-order valence-electron chi connectivity index (χ4n) is 2.83. The molecule has 0 radical (unpaired) electrons. The number of benzene rings is 2. The highest BCUT2D eigenvalue weighted by molar-refractivity contribution is 7.17. The van der Waals surface area contributed by atoms with Crippen LogP contribution >= 0.6 is 11.3 Å². The summed E-state index contributed by atoms with van der Waals surface area (Å²) in [5.74, 6) is 1.61. The summed E-state index contributed by atoms with van der Waals surface area (Å²) < 4.78 is 10.7. The zero-order chi connectivity index (χ0) is 20.1. The number of aryl methyl sites for hydroxylation is 1. The van der Waals surface area contributed by atoms with Gasteiger partial charge in [0.2, 0.25) is 0 Å². The van der Waals surface area contributed by atoms with Crippen molar-refractivity contribution in [2.45, 2.75) is 20.4 Å². The highest BCUT2D eigenvalue weighted by Gasteiger charge is 2.20. The van der Waals surface area contributed by atoms with Crippen LogP contribution in [-0.4, -0.2) is 36.6 Å². The minimum Gasteiger partial charge on any atom is -0.497 e. The average molecular weight is 397 g/mol. The minimum absolute atomic E-state index is 0.0250. The smallest absolute Gasteiger partial charge is 0.265 e. The van der Waals surface area contributed by atoms with Crippen LogP contribution in [0.3, 0.4) is 0 Å². The molecule has 3 aromatic rings. The Morgan fingerprint density at radius 1 is 1.07 bits per heavy atom. The van der Waals surface area contributed by atoms with Crippen LogP contribution in [0.15, 0.2) is 48.5 Å². The van der Waals surface area contributed by atoms with Gasteiger partial charge in [0.1, 0.15) is 21.4 Å². The predicted octanol–water partition coefficient (Wildman–Crippen LogP) is 4.80. The molecule has 3 rings (SSSR count). The number of thiazole rings is 1. The molecule has 146 valence electrons. The molecule has 0 fully saturated rings. The Balaban J connectivity index is 1.74. The largest absolute Gasteiger partial charge is 0.497 e. The first-order valence-corrected chi connectivity index (χ1v) is 9.92. The van der Waals surface area contributed by atoms with E-state index in [-0.39, 0.29) is 5.91 Å². The molecule has 0 aliphatic rings. The Bertz CT molecular complexity index is 933. The van der Waals surface area contributed by atoms with E-state index in [4.69, 9.17) is 9.47 Å². The van der Waals surface area contributed by atoms with E-state index in [1.807, 2.05) is 69.4 Å². The summed E-state index contributed by atoms with van der Waals surface area (Å²) in [5.41, 5.74) is 2.78. The van der Waals surface area contributed by atoms with Gasteiger partial charge in [-0.15, -0.1) is 11.3 Å². The number of hydrogen-bond acceptors (Lipinski definition) is 5. The van der Waals surface area contributed by atoms with Crippen LogP contribution in [0.25, 0.3) is 10.6 Å². The van der Waals surface area contributed by atoms with E-state index in [2.05, 4.69) is 4.98 Å². The highest BCUT2D eigenvalue weighted by Crippen LogP contribution is 2.30. The summed E-state index contributed by atoms with van der Waals surface area (Å²) >= 11 is 1.42. The Morgan fingerprint density at radius 2 is 1.71 bits per heavy atom. The molecule has 28 heavy (non-hydrogen) atoms. The molecule has 1 amide bonds. The number of hydrogen-bond donors (Lipinski definition) is 0. The van der Waals surface area contributed by atoms with Gasteiger partial charge in [-0.3, -0.25) is 4.79 Å². The molecule has 6 heteroatoms. The molecule has 0 spiro atoms. The number of carbonyl (C=O) groups is 1. The predicted molar refractivity (Wildman–Crippen MR) is 112 cm³/mol. The SMILES string of the molecule is CCOc1ccc(-c2nc(C)c(C(=O)N(C)Cc3ccc(OC)cc3)s2)cc1. The lowest BCUT2D eigenvalue weighted by molar-refractivity contribution is 0.0789. The standard InChI is InChI=1S/C22H24N2O3S/c1-5-27-19-12-8-17(9-13-19)21-23-15(2)20(28-21)22(25)24(3)14-16-6-10-18(26-4)11-7-16/h6-13H,5,14H2,1-4H3. The van der Waals surface area contributed by atoms with Gasteiger partial charge in [-0.05, 0) is 55.8 Å². The van der Waals surface area contributed by atoms with Crippen molar-refractivity contribution in [1.29, 1.82) is 0 Å².